The van der Waals surface area contributed by atoms with Gasteiger partial charge < -0.3 is 20.1 Å². The first-order chi connectivity index (χ1) is 14.3. The van der Waals surface area contributed by atoms with Gasteiger partial charge in [0.05, 0.1) is 12.0 Å². The van der Waals surface area contributed by atoms with Gasteiger partial charge in [-0.2, -0.15) is 0 Å². The highest BCUT2D eigenvalue weighted by molar-refractivity contribution is 6.52. The van der Waals surface area contributed by atoms with E-state index in [4.69, 9.17) is 0 Å². The summed E-state index contributed by atoms with van der Waals surface area (Å²) >= 11 is 0. The number of halogens is 1. The summed E-state index contributed by atoms with van der Waals surface area (Å²) < 4.78 is 14.2. The first-order valence-electron chi connectivity index (χ1n) is 9.92. The standard InChI is InChI=1S/C19H23B4FN4O3/c1-19(2,3)16-13(25-5-26-16)11(23)14-18(31)27-7(17(30)28-14)4-6-8(20)9(21)12(24)10(22)15(6)29/h4-5,29H,20-23H2,1-3H3,(H,25,26)(H,27,31)(H,28,30)/b7-4-,14-11+. The summed E-state index contributed by atoms with van der Waals surface area (Å²) in [5.41, 5.74) is 1.93. The van der Waals surface area contributed by atoms with Crippen LogP contribution in [0.3, 0.4) is 0 Å². The Kier molecular flexibility index (Phi) is 5.69. The summed E-state index contributed by atoms with van der Waals surface area (Å²) in [4.78, 5) is 38.2. The van der Waals surface area contributed by atoms with Crippen LogP contribution in [0.15, 0.2) is 15.9 Å². The Morgan fingerprint density at radius 3 is 2.35 bits per heavy atom. The number of rotatable bonds is 2. The minimum absolute atomic E-state index is 0.0385. The van der Waals surface area contributed by atoms with E-state index in [0.29, 0.717) is 22.1 Å². The zero-order chi connectivity index (χ0) is 23.2. The van der Waals surface area contributed by atoms with Gasteiger partial charge in [-0.1, -0.05) is 31.7 Å². The fourth-order valence-corrected chi connectivity index (χ4v) is 3.57. The molecule has 12 heteroatoms. The third-order valence-electron chi connectivity index (χ3n) is 5.60. The van der Waals surface area contributed by atoms with E-state index in [-0.39, 0.29) is 32.9 Å². The van der Waals surface area contributed by atoms with Crippen molar-refractivity contribution in [3.05, 3.63) is 60.5 Å². The molecule has 2 heterocycles. The number of aromatic nitrogens is 4. The highest BCUT2D eigenvalue weighted by Crippen LogP contribution is 2.24. The number of H-pyrrole nitrogens is 3. The molecular weight excluding hydrogens is 394 g/mol. The molecule has 31 heavy (non-hydrogen) atoms. The van der Waals surface area contributed by atoms with Gasteiger partial charge in [0.15, 0.2) is 0 Å². The highest BCUT2D eigenvalue weighted by Gasteiger charge is 2.22. The molecule has 0 saturated heterocycles. The van der Waals surface area contributed by atoms with Gasteiger partial charge >= 0.3 is 0 Å². The van der Waals surface area contributed by atoms with Crippen LogP contribution in [0.4, 0.5) is 4.39 Å². The molecule has 0 bridgehead atoms. The minimum atomic E-state index is -0.541. The number of hydrogen-bond donors (Lipinski definition) is 4. The van der Waals surface area contributed by atoms with E-state index in [1.807, 2.05) is 20.8 Å². The maximum atomic E-state index is 14.2. The molecule has 0 atom stereocenters. The van der Waals surface area contributed by atoms with Crippen molar-refractivity contribution in [1.82, 2.24) is 19.9 Å². The molecule has 7 nitrogen and oxygen atoms in total. The molecule has 0 amide bonds. The van der Waals surface area contributed by atoms with E-state index in [9.17, 15) is 19.1 Å². The summed E-state index contributed by atoms with van der Waals surface area (Å²) in [6.07, 6.45) is 2.91. The number of nitrogens with one attached hydrogen (secondary N) is 3. The third-order valence-corrected chi connectivity index (χ3v) is 5.60. The van der Waals surface area contributed by atoms with Gasteiger partial charge in [-0.3, -0.25) is 9.59 Å². The van der Waals surface area contributed by atoms with Gasteiger partial charge in [0.1, 0.15) is 53.7 Å². The maximum Gasteiger partial charge on any atom is 0.272 e. The number of phenols is 1. The smallest absolute Gasteiger partial charge is 0.272 e. The molecule has 0 fully saturated rings. The average molecular weight is 418 g/mol. The Hall–Kier alpha value is -3.16. The maximum absolute atomic E-state index is 14.2. The van der Waals surface area contributed by atoms with E-state index in [0.717, 1.165) is 5.69 Å². The summed E-state index contributed by atoms with van der Waals surface area (Å²) in [6.45, 7) is 6.05. The molecule has 3 rings (SSSR count). The molecule has 0 aliphatic carbocycles. The fraction of sp³-hybridized carbons (Fsp3) is 0.211. The fourth-order valence-electron chi connectivity index (χ4n) is 3.57. The Balaban J connectivity index is 2.30. The number of phenolic OH excluding ortho intramolecular Hbond substituents is 1. The van der Waals surface area contributed by atoms with Crippen molar-refractivity contribution in [2.75, 3.05) is 0 Å². The lowest BCUT2D eigenvalue weighted by molar-refractivity contribution is 0.475. The number of aromatic hydroxyl groups is 1. The average Bonchev–Trinajstić information content (AvgIpc) is 3.20. The van der Waals surface area contributed by atoms with Crippen LogP contribution < -0.4 is 38.2 Å². The molecule has 4 N–H and O–H groups in total. The van der Waals surface area contributed by atoms with Gasteiger partial charge in [-0.05, 0) is 17.0 Å². The first-order valence-corrected chi connectivity index (χ1v) is 9.92. The van der Waals surface area contributed by atoms with Crippen molar-refractivity contribution in [2.45, 2.75) is 26.2 Å². The van der Waals surface area contributed by atoms with Crippen molar-refractivity contribution < 1.29 is 9.50 Å². The van der Waals surface area contributed by atoms with Crippen LogP contribution in [0.25, 0.3) is 11.5 Å². The van der Waals surface area contributed by atoms with Gasteiger partial charge in [0.25, 0.3) is 11.1 Å². The topological polar surface area (TPSA) is 115 Å². The molecule has 0 radical (unpaired) electrons. The van der Waals surface area contributed by atoms with Crippen molar-refractivity contribution in [1.29, 1.82) is 0 Å². The summed E-state index contributed by atoms with van der Waals surface area (Å²) in [5.74, 6) is -0.761. The molecule has 0 aliphatic rings. The Labute approximate surface area is 181 Å². The Bertz CT molecular complexity index is 1410. The Morgan fingerprint density at radius 2 is 1.74 bits per heavy atom. The lowest BCUT2D eigenvalue weighted by Gasteiger charge is -2.18. The van der Waals surface area contributed by atoms with Crippen LogP contribution >= 0.6 is 0 Å². The molecule has 0 aliphatic heterocycles. The van der Waals surface area contributed by atoms with Crippen LogP contribution in [0, 0.1) is 5.82 Å². The molecule has 1 aromatic carbocycles. The van der Waals surface area contributed by atoms with Crippen LogP contribution in [-0.2, 0) is 5.41 Å². The largest absolute Gasteiger partial charge is 0.508 e. The second-order valence-electron chi connectivity index (χ2n) is 8.79. The van der Waals surface area contributed by atoms with E-state index in [1.165, 1.54) is 13.9 Å². The van der Waals surface area contributed by atoms with Crippen molar-refractivity contribution in [2.24, 2.45) is 0 Å². The second-order valence-corrected chi connectivity index (χ2v) is 8.79. The molecule has 0 unspecified atom stereocenters. The summed E-state index contributed by atoms with van der Waals surface area (Å²) in [5, 5.41) is 10.5. The van der Waals surface area contributed by atoms with Crippen molar-refractivity contribution in [3.63, 3.8) is 0 Å². The predicted octanol–water partition coefficient (Wildman–Crippen LogP) is -5.68. The number of nitrogens with zero attached hydrogens (tertiary/aromatic N) is 1. The highest BCUT2D eigenvalue weighted by atomic mass is 19.1. The first kappa shape index (κ1) is 22.5. The number of hydrogen-bond acceptors (Lipinski definition) is 4. The van der Waals surface area contributed by atoms with Crippen LogP contribution in [0.2, 0.25) is 0 Å². The van der Waals surface area contributed by atoms with Crippen LogP contribution in [0.1, 0.15) is 37.7 Å². The molecule has 0 spiro atoms. The van der Waals surface area contributed by atoms with Gasteiger partial charge in [-0.25, -0.2) is 9.37 Å². The van der Waals surface area contributed by atoms with E-state index in [1.54, 1.807) is 29.9 Å². The molecule has 156 valence electrons. The van der Waals surface area contributed by atoms with Crippen molar-refractivity contribution >= 4 is 59.3 Å². The van der Waals surface area contributed by atoms with E-state index < -0.39 is 16.9 Å². The van der Waals surface area contributed by atoms with Crippen LogP contribution in [-0.4, -0.2) is 56.4 Å². The normalized spacial score (nSPS) is 13.5. The van der Waals surface area contributed by atoms with Gasteiger partial charge in [0, 0.05) is 16.7 Å². The predicted molar refractivity (Wildman–Crippen MR) is 131 cm³/mol. The SMILES string of the molecule is B/C(c1nc[nH]c1C(C)(C)C)=c1/[nH]c(=O)/c(=C/c2c(B)c(B)c(F)c(B)c2O)[nH]c1=O. The number of aromatic amines is 3. The monoisotopic (exact) mass is 418 g/mol. The second kappa shape index (κ2) is 7.83. The lowest BCUT2D eigenvalue weighted by atomic mass is 9.73. The van der Waals surface area contributed by atoms with Gasteiger partial charge in [-0.15, -0.1) is 0 Å². The van der Waals surface area contributed by atoms with Crippen LogP contribution in [0.5, 0.6) is 5.75 Å². The molecule has 2 aromatic heterocycles. The molecule has 3 aromatic rings. The van der Waals surface area contributed by atoms with E-state index in [2.05, 4.69) is 19.9 Å². The molecule has 0 saturated carbocycles. The minimum Gasteiger partial charge on any atom is -0.508 e. The van der Waals surface area contributed by atoms with E-state index >= 15 is 0 Å². The Morgan fingerprint density at radius 1 is 1.10 bits per heavy atom. The number of benzene rings is 1. The lowest BCUT2D eigenvalue weighted by Crippen LogP contribution is -2.48. The third kappa shape index (κ3) is 3.94. The summed E-state index contributed by atoms with van der Waals surface area (Å²) in [7, 11) is 6.42. The quantitative estimate of drug-likeness (QED) is 0.311. The zero-order valence-electron chi connectivity index (χ0n) is 18.7. The van der Waals surface area contributed by atoms with Gasteiger partial charge in [0.2, 0.25) is 0 Å². The number of imidazole rings is 1. The molecular formula is C19H23B4FN4O3. The zero-order valence-corrected chi connectivity index (χ0v) is 18.7. The summed E-state index contributed by atoms with van der Waals surface area (Å²) in [6, 6.07) is 0. The van der Waals surface area contributed by atoms with Crippen molar-refractivity contribution in [3.8, 4) is 5.75 Å².